The number of rotatable bonds is 1. The Kier molecular flexibility index (Phi) is 2.76. The van der Waals surface area contributed by atoms with Crippen molar-refractivity contribution in [2.45, 2.75) is 33.6 Å². The number of nitrogens with zero attached hydrogens (tertiary/aromatic N) is 2. The molecule has 0 radical (unpaired) electrons. The van der Waals surface area contributed by atoms with Crippen molar-refractivity contribution in [1.29, 1.82) is 0 Å². The van der Waals surface area contributed by atoms with E-state index in [4.69, 9.17) is 12.2 Å². The number of aryl methyl sites for hydroxylation is 2. The van der Waals surface area contributed by atoms with E-state index in [-0.39, 0.29) is 0 Å². The minimum absolute atomic E-state index is 0.382. The molecular formula is C12H15N3S. The van der Waals surface area contributed by atoms with Crippen LogP contribution in [0.15, 0.2) is 6.07 Å². The summed E-state index contributed by atoms with van der Waals surface area (Å²) in [5, 5.41) is 0. The lowest BCUT2D eigenvalue weighted by Gasteiger charge is -2.11. The Bertz CT molecular complexity index is 557. The average Bonchev–Trinajstić information content (AvgIpc) is 2.19. The fraction of sp³-hybridized carbons (Fsp3) is 0.417. The number of aromatic nitrogens is 3. The Morgan fingerprint density at radius 1 is 1.25 bits per heavy atom. The molecule has 0 atom stereocenters. The Hall–Kier alpha value is -1.29. The predicted octanol–water partition coefficient (Wildman–Crippen LogP) is 3.38. The van der Waals surface area contributed by atoms with Gasteiger partial charge in [0.05, 0.1) is 5.69 Å². The third kappa shape index (κ3) is 1.85. The van der Waals surface area contributed by atoms with Gasteiger partial charge in [-0.25, -0.2) is 9.97 Å². The minimum atomic E-state index is 0.382. The molecule has 0 aromatic carbocycles. The van der Waals surface area contributed by atoms with Crippen LogP contribution in [-0.4, -0.2) is 15.0 Å². The normalized spacial score (nSPS) is 11.3. The van der Waals surface area contributed by atoms with Crippen molar-refractivity contribution in [2.24, 2.45) is 0 Å². The molecule has 1 N–H and O–H groups in total. The first kappa shape index (κ1) is 11.2. The third-order valence-electron chi connectivity index (χ3n) is 2.75. The molecule has 0 saturated heterocycles. The van der Waals surface area contributed by atoms with E-state index in [1.807, 2.05) is 19.9 Å². The van der Waals surface area contributed by atoms with Crippen molar-refractivity contribution >= 4 is 12.2 Å². The highest BCUT2D eigenvalue weighted by Gasteiger charge is 2.12. The summed E-state index contributed by atoms with van der Waals surface area (Å²) in [6, 6.07) is 2.04. The van der Waals surface area contributed by atoms with Gasteiger partial charge < -0.3 is 4.98 Å². The van der Waals surface area contributed by atoms with Gasteiger partial charge in [0.25, 0.3) is 0 Å². The highest BCUT2D eigenvalue weighted by Crippen LogP contribution is 2.23. The molecule has 4 heteroatoms. The average molecular weight is 233 g/mol. The van der Waals surface area contributed by atoms with Crippen molar-refractivity contribution in [3.63, 3.8) is 0 Å². The molecule has 16 heavy (non-hydrogen) atoms. The number of hydrogen-bond acceptors (Lipinski definition) is 3. The molecule has 3 nitrogen and oxygen atoms in total. The zero-order valence-electron chi connectivity index (χ0n) is 9.96. The molecule has 2 aliphatic heterocycles. The van der Waals surface area contributed by atoms with Gasteiger partial charge in [-0.15, -0.1) is 0 Å². The maximum Gasteiger partial charge on any atom is 0.157 e. The molecule has 0 fully saturated rings. The van der Waals surface area contributed by atoms with Crippen molar-refractivity contribution < 1.29 is 0 Å². The summed E-state index contributed by atoms with van der Waals surface area (Å²) in [6.07, 6.45) is 0. The van der Waals surface area contributed by atoms with Gasteiger partial charge in [-0.05, 0) is 31.4 Å². The molecule has 0 spiro atoms. The number of hydrogen-bond donors (Lipinski definition) is 1. The van der Waals surface area contributed by atoms with Crippen molar-refractivity contribution in [3.05, 3.63) is 27.7 Å². The zero-order chi connectivity index (χ0) is 11.9. The SMILES string of the molecule is Cc1nc2cc(C(C)C)c(=S)nc-2[nH]c1C. The first-order chi connectivity index (χ1) is 7.49. The summed E-state index contributed by atoms with van der Waals surface area (Å²) < 4.78 is 0.670. The largest absolute Gasteiger partial charge is 0.341 e. The quantitative estimate of drug-likeness (QED) is 0.768. The number of nitrogens with one attached hydrogen (secondary N) is 1. The Morgan fingerprint density at radius 2 is 1.94 bits per heavy atom. The van der Waals surface area contributed by atoms with Crippen LogP contribution in [0, 0.1) is 18.5 Å². The molecular weight excluding hydrogens is 218 g/mol. The lowest BCUT2D eigenvalue weighted by Crippen LogP contribution is -2.03. The molecule has 0 aromatic rings. The van der Waals surface area contributed by atoms with E-state index in [0.717, 1.165) is 28.5 Å². The minimum Gasteiger partial charge on any atom is -0.341 e. The predicted molar refractivity (Wildman–Crippen MR) is 67.4 cm³/mol. The summed E-state index contributed by atoms with van der Waals surface area (Å²) in [4.78, 5) is 12.1. The van der Waals surface area contributed by atoms with Gasteiger partial charge in [-0.1, -0.05) is 26.1 Å². The molecule has 0 aromatic heterocycles. The molecule has 2 heterocycles. The summed E-state index contributed by atoms with van der Waals surface area (Å²) in [5.74, 6) is 1.16. The van der Waals surface area contributed by atoms with E-state index in [0.29, 0.717) is 10.6 Å². The fourth-order valence-electron chi connectivity index (χ4n) is 1.62. The third-order valence-corrected chi connectivity index (χ3v) is 3.08. The second kappa shape index (κ2) is 3.94. The first-order valence-corrected chi connectivity index (χ1v) is 5.78. The Labute approximate surface area is 100 Å². The molecule has 0 saturated carbocycles. The summed E-state index contributed by atoms with van der Waals surface area (Å²) in [6.45, 7) is 8.21. The molecule has 0 unspecified atom stereocenters. The Morgan fingerprint density at radius 3 is 2.56 bits per heavy atom. The molecule has 2 rings (SSSR count). The van der Waals surface area contributed by atoms with Crippen molar-refractivity contribution in [2.75, 3.05) is 0 Å². The fourth-order valence-corrected chi connectivity index (χ4v) is 2.01. The molecule has 0 bridgehead atoms. The van der Waals surface area contributed by atoms with Crippen LogP contribution in [0.25, 0.3) is 11.5 Å². The molecule has 0 aliphatic carbocycles. The first-order valence-electron chi connectivity index (χ1n) is 5.37. The zero-order valence-corrected chi connectivity index (χ0v) is 10.8. The highest BCUT2D eigenvalue weighted by atomic mass is 32.1. The lowest BCUT2D eigenvalue weighted by molar-refractivity contribution is 0.846. The van der Waals surface area contributed by atoms with Gasteiger partial charge in [0.1, 0.15) is 10.3 Å². The summed E-state index contributed by atoms with van der Waals surface area (Å²) in [5.41, 5.74) is 4.01. The maximum atomic E-state index is 5.27. The van der Waals surface area contributed by atoms with E-state index in [1.54, 1.807) is 0 Å². The number of fused-ring (bicyclic) bond motifs is 1. The molecule has 0 amide bonds. The number of aromatic amines is 1. The van der Waals surface area contributed by atoms with Gasteiger partial charge in [0.2, 0.25) is 0 Å². The van der Waals surface area contributed by atoms with Gasteiger partial charge in [0.15, 0.2) is 5.82 Å². The van der Waals surface area contributed by atoms with Gasteiger partial charge in [0, 0.05) is 5.69 Å². The van der Waals surface area contributed by atoms with E-state index in [9.17, 15) is 0 Å². The monoisotopic (exact) mass is 233 g/mol. The van der Waals surface area contributed by atoms with Crippen LogP contribution in [-0.2, 0) is 0 Å². The van der Waals surface area contributed by atoms with E-state index in [2.05, 4.69) is 28.8 Å². The second-order valence-corrected chi connectivity index (χ2v) is 4.74. The van der Waals surface area contributed by atoms with Crippen LogP contribution in [0.5, 0.6) is 0 Å². The van der Waals surface area contributed by atoms with Crippen molar-refractivity contribution in [3.8, 4) is 11.5 Å². The van der Waals surface area contributed by atoms with E-state index < -0.39 is 0 Å². The Balaban J connectivity index is 2.76. The summed E-state index contributed by atoms with van der Waals surface area (Å²) in [7, 11) is 0. The smallest absolute Gasteiger partial charge is 0.157 e. The van der Waals surface area contributed by atoms with Gasteiger partial charge >= 0.3 is 0 Å². The number of H-pyrrole nitrogens is 1. The van der Waals surface area contributed by atoms with E-state index in [1.165, 1.54) is 0 Å². The highest BCUT2D eigenvalue weighted by molar-refractivity contribution is 7.71. The second-order valence-electron chi connectivity index (χ2n) is 4.35. The molecule has 84 valence electrons. The van der Waals surface area contributed by atoms with Crippen LogP contribution in [0.4, 0.5) is 0 Å². The van der Waals surface area contributed by atoms with Gasteiger partial charge in [-0.3, -0.25) is 0 Å². The maximum absolute atomic E-state index is 5.27. The van der Waals surface area contributed by atoms with Crippen LogP contribution in [0.1, 0.15) is 36.7 Å². The summed E-state index contributed by atoms with van der Waals surface area (Å²) >= 11 is 5.27. The molecule has 2 aliphatic rings. The number of pyridine rings is 1. The topological polar surface area (TPSA) is 41.6 Å². The standard InChI is InChI=1S/C12H15N3S/c1-6(2)9-5-10-11(15-12(9)16)14-8(4)7(3)13-10/h5-6H,1-4H3,(H,14,15,16). The van der Waals surface area contributed by atoms with Crippen LogP contribution < -0.4 is 0 Å². The van der Waals surface area contributed by atoms with Crippen LogP contribution in [0.3, 0.4) is 0 Å². The lowest BCUT2D eigenvalue weighted by atomic mass is 10.0. The van der Waals surface area contributed by atoms with Crippen LogP contribution >= 0.6 is 12.2 Å². The van der Waals surface area contributed by atoms with Crippen molar-refractivity contribution in [1.82, 2.24) is 15.0 Å². The van der Waals surface area contributed by atoms with Gasteiger partial charge in [-0.2, -0.15) is 0 Å². The van der Waals surface area contributed by atoms with Crippen LogP contribution in [0.2, 0.25) is 0 Å². The van der Waals surface area contributed by atoms with E-state index >= 15 is 0 Å².